The minimum Gasteiger partial charge on any atom is -0.347 e. The van der Waals surface area contributed by atoms with Crippen molar-refractivity contribution in [2.75, 3.05) is 18.5 Å². The molecule has 1 aromatic carbocycles. The van der Waals surface area contributed by atoms with Crippen LogP contribution in [0.3, 0.4) is 0 Å². The predicted molar refractivity (Wildman–Crippen MR) is 134 cm³/mol. The van der Waals surface area contributed by atoms with Crippen LogP contribution in [0.2, 0.25) is 0 Å². The molecule has 1 fully saturated rings. The molecule has 0 saturated carbocycles. The molecule has 1 aliphatic heterocycles. The van der Waals surface area contributed by atoms with Crippen LogP contribution in [-0.4, -0.2) is 45.2 Å². The third-order valence-corrected chi connectivity index (χ3v) is 7.65. The van der Waals surface area contributed by atoms with Gasteiger partial charge in [-0.3, -0.25) is 4.68 Å². The Balaban J connectivity index is 1.60. The van der Waals surface area contributed by atoms with Gasteiger partial charge in [0.1, 0.15) is 5.01 Å². The summed E-state index contributed by atoms with van der Waals surface area (Å²) in [5, 5.41) is 19.3. The molecule has 32 heavy (non-hydrogen) atoms. The maximum Gasteiger partial charge on any atom is 0.208 e. The Bertz CT molecular complexity index is 1060. The fraction of sp³-hybridized carbons (Fsp3) is 0.560. The van der Waals surface area contributed by atoms with Crippen molar-refractivity contribution >= 4 is 16.5 Å². The van der Waals surface area contributed by atoms with Gasteiger partial charge in [-0.1, -0.05) is 50.3 Å². The first-order valence-corrected chi connectivity index (χ1v) is 12.3. The molecule has 6 nitrogen and oxygen atoms in total. The minimum absolute atomic E-state index is 0.109. The number of aryl methyl sites for hydroxylation is 2. The fourth-order valence-corrected chi connectivity index (χ4v) is 5.60. The van der Waals surface area contributed by atoms with E-state index in [0.717, 1.165) is 41.5 Å². The molecule has 1 saturated heterocycles. The molecule has 0 spiro atoms. The molecule has 0 radical (unpaired) electrons. The average molecular weight is 453 g/mol. The van der Waals surface area contributed by atoms with E-state index in [4.69, 9.17) is 0 Å². The van der Waals surface area contributed by atoms with Crippen molar-refractivity contribution < 1.29 is 0 Å². The zero-order chi connectivity index (χ0) is 23.1. The van der Waals surface area contributed by atoms with E-state index in [0.29, 0.717) is 6.04 Å². The molecule has 7 heteroatoms. The zero-order valence-electron chi connectivity index (χ0n) is 20.4. The number of aromatic nitrogens is 4. The van der Waals surface area contributed by atoms with E-state index in [9.17, 15) is 0 Å². The quantitative estimate of drug-likeness (QED) is 0.579. The Hall–Kier alpha value is -2.25. The van der Waals surface area contributed by atoms with Crippen LogP contribution in [0.25, 0.3) is 21.7 Å². The summed E-state index contributed by atoms with van der Waals surface area (Å²) in [6.07, 6.45) is 7.13. The molecule has 0 amide bonds. The third-order valence-electron chi connectivity index (χ3n) is 6.60. The van der Waals surface area contributed by atoms with Crippen LogP contribution in [0.4, 0.5) is 5.13 Å². The Morgan fingerprint density at radius 1 is 1.16 bits per heavy atom. The number of nitrogens with zero attached hydrogens (tertiary/aromatic N) is 5. The first-order chi connectivity index (χ1) is 15.1. The van der Waals surface area contributed by atoms with Gasteiger partial charge in [0.15, 0.2) is 0 Å². The van der Waals surface area contributed by atoms with Crippen LogP contribution in [0, 0.1) is 5.41 Å². The lowest BCUT2D eigenvalue weighted by molar-refractivity contribution is 0.306. The topological polar surface area (TPSA) is 58.9 Å². The summed E-state index contributed by atoms with van der Waals surface area (Å²) in [6, 6.07) is 7.04. The van der Waals surface area contributed by atoms with Gasteiger partial charge in [0, 0.05) is 49.5 Å². The van der Waals surface area contributed by atoms with Crippen molar-refractivity contribution in [3.05, 3.63) is 36.2 Å². The van der Waals surface area contributed by atoms with Crippen molar-refractivity contribution in [1.82, 2.24) is 25.3 Å². The van der Waals surface area contributed by atoms with Crippen LogP contribution in [-0.2, 0) is 13.5 Å². The summed E-state index contributed by atoms with van der Waals surface area (Å²) in [5.74, 6) is 0. The van der Waals surface area contributed by atoms with Crippen LogP contribution in [0.15, 0.2) is 30.6 Å². The van der Waals surface area contributed by atoms with Gasteiger partial charge < -0.3 is 10.2 Å². The van der Waals surface area contributed by atoms with Gasteiger partial charge in [0.05, 0.1) is 6.20 Å². The monoisotopic (exact) mass is 452 g/mol. The molecule has 0 aliphatic carbocycles. The summed E-state index contributed by atoms with van der Waals surface area (Å²) < 4.78 is 1.84. The van der Waals surface area contributed by atoms with Gasteiger partial charge >= 0.3 is 0 Å². The maximum atomic E-state index is 4.61. The van der Waals surface area contributed by atoms with Gasteiger partial charge in [-0.15, -0.1) is 10.2 Å². The third kappa shape index (κ3) is 4.89. The molecule has 0 bridgehead atoms. The predicted octanol–water partition coefficient (Wildman–Crippen LogP) is 5.16. The van der Waals surface area contributed by atoms with Gasteiger partial charge in [-0.2, -0.15) is 5.10 Å². The van der Waals surface area contributed by atoms with Gasteiger partial charge in [0.2, 0.25) is 5.13 Å². The highest BCUT2D eigenvalue weighted by atomic mass is 32.1. The Kier molecular flexibility index (Phi) is 6.16. The highest BCUT2D eigenvalue weighted by Gasteiger charge is 2.36. The standard InChI is InChI=1S/C25H36N6S/c1-8-17-11-18(19-14-27-30(6)15-19)9-10-21(17)22-28-29-23(32-22)31(7)20-12-24(2,3)16-26-25(4,5)13-20/h9-11,14-15,20,26H,8,12-13,16H2,1-7H3. The number of rotatable bonds is 5. The van der Waals surface area contributed by atoms with Crippen molar-refractivity contribution in [3.8, 4) is 21.7 Å². The van der Waals surface area contributed by atoms with Gasteiger partial charge in [0.25, 0.3) is 0 Å². The molecule has 3 heterocycles. The molecule has 2 aromatic heterocycles. The second-order valence-electron chi connectivity index (χ2n) is 10.6. The largest absolute Gasteiger partial charge is 0.347 e. The Labute approximate surface area is 196 Å². The van der Waals surface area contributed by atoms with Crippen molar-refractivity contribution in [2.45, 2.75) is 65.5 Å². The number of hydrogen-bond donors (Lipinski definition) is 1. The van der Waals surface area contributed by atoms with Crippen molar-refractivity contribution in [3.63, 3.8) is 0 Å². The second-order valence-corrected chi connectivity index (χ2v) is 11.5. The molecular formula is C25H36N6S. The molecule has 1 aliphatic rings. The van der Waals surface area contributed by atoms with Gasteiger partial charge in [-0.05, 0) is 49.7 Å². The lowest BCUT2D eigenvalue weighted by Gasteiger charge is -2.33. The van der Waals surface area contributed by atoms with E-state index in [1.807, 2.05) is 17.9 Å². The first kappa shape index (κ1) is 22.9. The highest BCUT2D eigenvalue weighted by Crippen LogP contribution is 2.37. The molecule has 4 rings (SSSR count). The molecule has 1 atom stereocenters. The van der Waals surface area contributed by atoms with Crippen LogP contribution >= 0.6 is 11.3 Å². The number of nitrogens with one attached hydrogen (secondary N) is 1. The second kappa shape index (κ2) is 8.60. The number of benzene rings is 1. The molecule has 172 valence electrons. The minimum atomic E-state index is 0.109. The first-order valence-electron chi connectivity index (χ1n) is 11.5. The van der Waals surface area contributed by atoms with E-state index in [-0.39, 0.29) is 11.0 Å². The average Bonchev–Trinajstić information content (AvgIpc) is 3.38. The van der Waals surface area contributed by atoms with Crippen molar-refractivity contribution in [2.24, 2.45) is 12.5 Å². The fourth-order valence-electron chi connectivity index (χ4n) is 4.66. The van der Waals surface area contributed by atoms with E-state index >= 15 is 0 Å². The molecule has 1 N–H and O–H groups in total. The summed E-state index contributed by atoms with van der Waals surface area (Å²) >= 11 is 1.70. The van der Waals surface area contributed by atoms with E-state index in [1.165, 1.54) is 16.7 Å². The summed E-state index contributed by atoms with van der Waals surface area (Å²) in [4.78, 5) is 2.35. The highest BCUT2D eigenvalue weighted by molar-refractivity contribution is 7.18. The Morgan fingerprint density at radius 3 is 2.62 bits per heavy atom. The SMILES string of the molecule is CCc1cc(-c2cnn(C)c2)ccc1-c1nnc(N(C)C2CC(C)(C)CNC(C)(C)C2)s1. The lowest BCUT2D eigenvalue weighted by atomic mass is 9.84. The van der Waals surface area contributed by atoms with Crippen molar-refractivity contribution in [1.29, 1.82) is 0 Å². The van der Waals surface area contributed by atoms with Crippen LogP contribution < -0.4 is 10.2 Å². The summed E-state index contributed by atoms with van der Waals surface area (Å²) in [6.45, 7) is 12.5. The van der Waals surface area contributed by atoms with E-state index in [2.05, 4.69) is 91.6 Å². The Morgan fingerprint density at radius 2 is 1.94 bits per heavy atom. The number of hydrogen-bond acceptors (Lipinski definition) is 6. The molecular weight excluding hydrogens is 416 g/mol. The van der Waals surface area contributed by atoms with Crippen LogP contribution in [0.1, 0.15) is 53.0 Å². The summed E-state index contributed by atoms with van der Waals surface area (Å²) in [7, 11) is 4.13. The summed E-state index contributed by atoms with van der Waals surface area (Å²) in [5.41, 5.74) is 5.16. The lowest BCUT2D eigenvalue weighted by Crippen LogP contribution is -2.44. The molecule has 3 aromatic rings. The van der Waals surface area contributed by atoms with Gasteiger partial charge in [-0.25, -0.2) is 0 Å². The van der Waals surface area contributed by atoms with E-state index < -0.39 is 0 Å². The van der Waals surface area contributed by atoms with E-state index in [1.54, 1.807) is 11.3 Å². The number of anilines is 1. The maximum absolute atomic E-state index is 4.61. The zero-order valence-corrected chi connectivity index (χ0v) is 21.3. The van der Waals surface area contributed by atoms with Crippen LogP contribution in [0.5, 0.6) is 0 Å². The smallest absolute Gasteiger partial charge is 0.208 e. The normalized spacial score (nSPS) is 20.2. The molecule has 1 unspecified atom stereocenters.